The van der Waals surface area contributed by atoms with Gasteiger partial charge >= 0.3 is 5.97 Å². The molecule has 0 saturated heterocycles. The van der Waals surface area contributed by atoms with E-state index in [-0.39, 0.29) is 12.3 Å². The average Bonchev–Trinajstić information content (AvgIpc) is 3.08. The SMILES string of the molecule is CCOC(=O)C(C)NC(=O)Cc1csc(-c2ccsc2)n1. The van der Waals surface area contributed by atoms with E-state index in [4.69, 9.17) is 4.74 Å². The van der Waals surface area contributed by atoms with E-state index in [1.807, 2.05) is 22.2 Å². The van der Waals surface area contributed by atoms with Crippen molar-refractivity contribution in [2.24, 2.45) is 0 Å². The highest BCUT2D eigenvalue weighted by atomic mass is 32.1. The Morgan fingerprint density at radius 1 is 1.43 bits per heavy atom. The fourth-order valence-corrected chi connectivity index (χ4v) is 3.22. The number of nitrogens with one attached hydrogen (secondary N) is 1. The Kier molecular flexibility index (Phi) is 5.46. The summed E-state index contributed by atoms with van der Waals surface area (Å²) in [5.74, 6) is -0.666. The molecule has 112 valence electrons. The number of thiazole rings is 1. The van der Waals surface area contributed by atoms with Gasteiger partial charge < -0.3 is 10.1 Å². The van der Waals surface area contributed by atoms with Crippen LogP contribution >= 0.6 is 22.7 Å². The molecule has 7 heteroatoms. The van der Waals surface area contributed by atoms with Crippen LogP contribution in [0.1, 0.15) is 19.5 Å². The van der Waals surface area contributed by atoms with E-state index >= 15 is 0 Å². The molecule has 0 aliphatic heterocycles. The molecule has 1 N–H and O–H groups in total. The Balaban J connectivity index is 1.90. The number of ether oxygens (including phenoxy) is 1. The van der Waals surface area contributed by atoms with Crippen LogP contribution in [0, 0.1) is 0 Å². The van der Waals surface area contributed by atoms with E-state index < -0.39 is 12.0 Å². The van der Waals surface area contributed by atoms with Gasteiger partial charge in [-0.05, 0) is 25.3 Å². The van der Waals surface area contributed by atoms with E-state index in [2.05, 4.69) is 10.3 Å². The number of hydrogen-bond acceptors (Lipinski definition) is 6. The summed E-state index contributed by atoms with van der Waals surface area (Å²) in [6.45, 7) is 3.64. The number of carbonyl (C=O) groups excluding carboxylic acids is 2. The van der Waals surface area contributed by atoms with Crippen molar-refractivity contribution in [3.05, 3.63) is 27.9 Å². The second kappa shape index (κ2) is 7.33. The van der Waals surface area contributed by atoms with Crippen molar-refractivity contribution in [2.75, 3.05) is 6.61 Å². The van der Waals surface area contributed by atoms with Crippen molar-refractivity contribution in [1.82, 2.24) is 10.3 Å². The second-order valence-electron chi connectivity index (χ2n) is 4.37. The molecule has 1 amide bonds. The van der Waals surface area contributed by atoms with E-state index in [0.29, 0.717) is 12.3 Å². The summed E-state index contributed by atoms with van der Waals surface area (Å²) in [5, 5.41) is 9.38. The Morgan fingerprint density at radius 2 is 2.24 bits per heavy atom. The third-order valence-electron chi connectivity index (χ3n) is 2.68. The highest BCUT2D eigenvalue weighted by Gasteiger charge is 2.17. The summed E-state index contributed by atoms with van der Waals surface area (Å²) in [7, 11) is 0. The number of rotatable bonds is 6. The molecule has 0 radical (unpaired) electrons. The van der Waals surface area contributed by atoms with E-state index in [9.17, 15) is 9.59 Å². The average molecular weight is 324 g/mol. The van der Waals surface area contributed by atoms with Crippen LogP contribution in [-0.2, 0) is 20.7 Å². The Labute approximate surface area is 131 Å². The van der Waals surface area contributed by atoms with Crippen LogP contribution in [0.4, 0.5) is 0 Å². The minimum absolute atomic E-state index is 0.157. The fraction of sp³-hybridized carbons (Fsp3) is 0.357. The van der Waals surface area contributed by atoms with Gasteiger partial charge in [-0.3, -0.25) is 4.79 Å². The zero-order chi connectivity index (χ0) is 15.2. The van der Waals surface area contributed by atoms with E-state index in [1.165, 1.54) is 11.3 Å². The Bertz CT molecular complexity index is 608. The van der Waals surface area contributed by atoms with Gasteiger partial charge in [0.15, 0.2) is 0 Å². The highest BCUT2D eigenvalue weighted by Crippen LogP contribution is 2.25. The molecule has 0 fully saturated rings. The maximum absolute atomic E-state index is 11.9. The summed E-state index contributed by atoms with van der Waals surface area (Å²) >= 11 is 3.12. The van der Waals surface area contributed by atoms with Crippen LogP contribution in [0.5, 0.6) is 0 Å². The van der Waals surface area contributed by atoms with Crippen molar-refractivity contribution in [3.8, 4) is 10.6 Å². The molecule has 0 saturated carbocycles. The lowest BCUT2D eigenvalue weighted by atomic mass is 10.2. The van der Waals surface area contributed by atoms with Crippen LogP contribution in [0.2, 0.25) is 0 Å². The van der Waals surface area contributed by atoms with Crippen LogP contribution < -0.4 is 5.32 Å². The van der Waals surface area contributed by atoms with Crippen LogP contribution in [-0.4, -0.2) is 29.5 Å². The van der Waals surface area contributed by atoms with Gasteiger partial charge in [-0.1, -0.05) is 0 Å². The molecule has 2 heterocycles. The maximum atomic E-state index is 11.9. The van der Waals surface area contributed by atoms with Gasteiger partial charge in [-0.2, -0.15) is 11.3 Å². The lowest BCUT2D eigenvalue weighted by Crippen LogP contribution is -2.40. The number of carbonyl (C=O) groups is 2. The maximum Gasteiger partial charge on any atom is 0.328 e. The summed E-state index contributed by atoms with van der Waals surface area (Å²) < 4.78 is 4.84. The normalized spacial score (nSPS) is 11.9. The summed E-state index contributed by atoms with van der Waals surface area (Å²) in [6.07, 6.45) is 0.157. The molecule has 21 heavy (non-hydrogen) atoms. The molecule has 1 unspecified atom stereocenters. The second-order valence-corrected chi connectivity index (χ2v) is 6.01. The molecule has 2 aromatic heterocycles. The first-order chi connectivity index (χ1) is 10.1. The molecule has 5 nitrogen and oxygen atoms in total. The van der Waals surface area contributed by atoms with Crippen LogP contribution in [0.25, 0.3) is 10.6 Å². The highest BCUT2D eigenvalue weighted by molar-refractivity contribution is 7.14. The van der Waals surface area contributed by atoms with Gasteiger partial charge in [0, 0.05) is 16.3 Å². The number of amides is 1. The van der Waals surface area contributed by atoms with Crippen molar-refractivity contribution in [3.63, 3.8) is 0 Å². The number of hydrogen-bond donors (Lipinski definition) is 1. The van der Waals surface area contributed by atoms with Gasteiger partial charge in [0.25, 0.3) is 0 Å². The largest absolute Gasteiger partial charge is 0.464 e. The molecule has 0 aliphatic rings. The van der Waals surface area contributed by atoms with Crippen molar-refractivity contribution >= 4 is 34.6 Å². The number of nitrogens with zero attached hydrogens (tertiary/aromatic N) is 1. The van der Waals surface area contributed by atoms with Crippen LogP contribution in [0.3, 0.4) is 0 Å². The van der Waals surface area contributed by atoms with Crippen LogP contribution in [0.15, 0.2) is 22.2 Å². The molecule has 0 aromatic carbocycles. The number of thiophene rings is 1. The first-order valence-electron chi connectivity index (χ1n) is 6.53. The fourth-order valence-electron chi connectivity index (χ4n) is 1.69. The van der Waals surface area contributed by atoms with E-state index in [1.54, 1.807) is 25.2 Å². The minimum atomic E-state index is -0.646. The topological polar surface area (TPSA) is 68.3 Å². The molecule has 0 bridgehead atoms. The predicted octanol–water partition coefficient (Wildman–Crippen LogP) is 2.48. The zero-order valence-corrected chi connectivity index (χ0v) is 13.4. The molecule has 0 spiro atoms. The van der Waals surface area contributed by atoms with Gasteiger partial charge in [0.1, 0.15) is 11.0 Å². The molecule has 2 rings (SSSR count). The molecular formula is C14H16N2O3S2. The van der Waals surface area contributed by atoms with Gasteiger partial charge in [-0.25, -0.2) is 9.78 Å². The van der Waals surface area contributed by atoms with E-state index in [0.717, 1.165) is 10.6 Å². The smallest absolute Gasteiger partial charge is 0.328 e. The lowest BCUT2D eigenvalue weighted by Gasteiger charge is -2.11. The zero-order valence-electron chi connectivity index (χ0n) is 11.8. The third-order valence-corrected chi connectivity index (χ3v) is 4.30. The van der Waals surface area contributed by atoms with Crippen molar-refractivity contribution in [1.29, 1.82) is 0 Å². The molecule has 2 aromatic rings. The number of aromatic nitrogens is 1. The molecule has 0 aliphatic carbocycles. The lowest BCUT2D eigenvalue weighted by molar-refractivity contribution is -0.146. The molecular weight excluding hydrogens is 308 g/mol. The quantitative estimate of drug-likeness (QED) is 0.829. The molecule has 1 atom stereocenters. The Hall–Kier alpha value is -1.73. The minimum Gasteiger partial charge on any atom is -0.464 e. The third kappa shape index (κ3) is 4.37. The number of esters is 1. The van der Waals surface area contributed by atoms with Gasteiger partial charge in [-0.15, -0.1) is 11.3 Å². The van der Waals surface area contributed by atoms with Gasteiger partial charge in [0.2, 0.25) is 5.91 Å². The summed E-state index contributed by atoms with van der Waals surface area (Å²) in [5.41, 5.74) is 1.77. The first-order valence-corrected chi connectivity index (χ1v) is 8.35. The summed E-state index contributed by atoms with van der Waals surface area (Å²) in [4.78, 5) is 27.7. The predicted molar refractivity (Wildman–Crippen MR) is 83.4 cm³/mol. The monoisotopic (exact) mass is 324 g/mol. The van der Waals surface area contributed by atoms with Crippen molar-refractivity contribution in [2.45, 2.75) is 26.3 Å². The Morgan fingerprint density at radius 3 is 2.90 bits per heavy atom. The first kappa shape index (κ1) is 15.7. The van der Waals surface area contributed by atoms with Crippen molar-refractivity contribution < 1.29 is 14.3 Å². The summed E-state index contributed by atoms with van der Waals surface area (Å²) in [6, 6.07) is 1.35. The standard InChI is InChI=1S/C14H16N2O3S2/c1-3-19-14(18)9(2)15-12(17)6-11-8-21-13(16-11)10-4-5-20-7-10/h4-5,7-9H,3,6H2,1-2H3,(H,15,17). The van der Waals surface area contributed by atoms with Gasteiger partial charge in [0.05, 0.1) is 18.7 Å².